The van der Waals surface area contributed by atoms with Crippen molar-refractivity contribution in [3.63, 3.8) is 0 Å². The number of rotatable bonds is 4. The molecule has 4 rings (SSSR count). The molecule has 1 aliphatic heterocycles. The van der Waals surface area contributed by atoms with Crippen LogP contribution in [-0.4, -0.2) is 42.6 Å². The van der Waals surface area contributed by atoms with E-state index >= 15 is 0 Å². The Bertz CT molecular complexity index is 1040. The summed E-state index contributed by atoms with van der Waals surface area (Å²) in [5, 5.41) is 0. The van der Waals surface area contributed by atoms with Gasteiger partial charge in [-0.2, -0.15) is 0 Å². The van der Waals surface area contributed by atoms with Gasteiger partial charge >= 0.3 is 0 Å². The summed E-state index contributed by atoms with van der Waals surface area (Å²) in [5.74, 6) is 1.48. The lowest BCUT2D eigenvalue weighted by molar-refractivity contribution is 0.326. The van der Waals surface area contributed by atoms with Crippen LogP contribution in [0.25, 0.3) is 11.0 Å². The third-order valence-electron chi connectivity index (χ3n) is 5.07. The molecule has 1 atom stereocenters. The van der Waals surface area contributed by atoms with Gasteiger partial charge in [0.2, 0.25) is 0 Å². The molecule has 1 aliphatic rings. The predicted molar refractivity (Wildman–Crippen MR) is 103 cm³/mol. The van der Waals surface area contributed by atoms with Gasteiger partial charge < -0.3 is 4.98 Å². The zero-order chi connectivity index (χ0) is 18.3. The van der Waals surface area contributed by atoms with Crippen LogP contribution in [0.5, 0.6) is 0 Å². The molecule has 0 unspecified atom stereocenters. The number of likely N-dealkylation sites (tertiary alicyclic amines) is 1. The molecule has 0 radical (unpaired) electrons. The molecule has 6 heteroatoms. The van der Waals surface area contributed by atoms with Gasteiger partial charge in [0.25, 0.3) is 0 Å². The molecule has 26 heavy (non-hydrogen) atoms. The number of nitrogens with one attached hydrogen (secondary N) is 1. The summed E-state index contributed by atoms with van der Waals surface area (Å²) in [6.45, 7) is 4.91. The highest BCUT2D eigenvalue weighted by Crippen LogP contribution is 2.28. The number of aromatic nitrogens is 2. The van der Waals surface area contributed by atoms with E-state index in [1.54, 1.807) is 12.1 Å². The van der Waals surface area contributed by atoms with Crippen molar-refractivity contribution < 1.29 is 8.42 Å². The summed E-state index contributed by atoms with van der Waals surface area (Å²) in [6.07, 6.45) is 2.32. The average Bonchev–Trinajstić information content (AvgIpc) is 3.20. The lowest BCUT2D eigenvalue weighted by Gasteiger charge is -2.15. The van der Waals surface area contributed by atoms with Crippen molar-refractivity contribution in [2.24, 2.45) is 0 Å². The lowest BCUT2D eigenvalue weighted by atomic mass is 10.1. The van der Waals surface area contributed by atoms with Gasteiger partial charge in [0.05, 0.1) is 15.9 Å². The van der Waals surface area contributed by atoms with Crippen LogP contribution in [0.3, 0.4) is 0 Å². The number of imidazole rings is 1. The third kappa shape index (κ3) is 3.52. The Morgan fingerprint density at radius 3 is 2.69 bits per heavy atom. The number of aromatic amines is 1. The first kappa shape index (κ1) is 17.2. The standard InChI is InChI=1S/C20H23N3O2S/c1-14-3-8-18-19(11-14)22-20(21-18)16-9-10-23(13-16)12-15-4-6-17(7-5-15)26(2,24)25/h3-8,11,16H,9-10,12-13H2,1-2H3,(H,21,22)/t16-/m0/s1. The van der Waals surface area contributed by atoms with Gasteiger partial charge in [0, 0.05) is 25.3 Å². The maximum absolute atomic E-state index is 11.6. The minimum absolute atomic E-state index is 0.373. The van der Waals surface area contributed by atoms with Crippen LogP contribution in [0, 0.1) is 6.92 Å². The molecular weight excluding hydrogens is 346 g/mol. The first-order valence-electron chi connectivity index (χ1n) is 8.86. The number of fused-ring (bicyclic) bond motifs is 1. The van der Waals surface area contributed by atoms with E-state index in [9.17, 15) is 8.42 Å². The van der Waals surface area contributed by atoms with Crippen molar-refractivity contribution >= 4 is 20.9 Å². The van der Waals surface area contributed by atoms with Crippen LogP contribution < -0.4 is 0 Å². The molecule has 1 saturated heterocycles. The molecule has 2 heterocycles. The molecule has 2 aromatic carbocycles. The summed E-state index contributed by atoms with van der Waals surface area (Å²) in [7, 11) is -3.13. The van der Waals surface area contributed by atoms with E-state index in [1.807, 2.05) is 12.1 Å². The molecule has 3 aromatic rings. The predicted octanol–water partition coefficient (Wildman–Crippen LogP) is 3.26. The highest BCUT2D eigenvalue weighted by molar-refractivity contribution is 7.90. The second-order valence-corrected chi connectivity index (χ2v) is 9.30. The topological polar surface area (TPSA) is 66.1 Å². The van der Waals surface area contributed by atoms with E-state index in [0.29, 0.717) is 10.8 Å². The molecule has 1 N–H and O–H groups in total. The van der Waals surface area contributed by atoms with E-state index in [-0.39, 0.29) is 0 Å². The highest BCUT2D eigenvalue weighted by Gasteiger charge is 2.26. The number of benzene rings is 2. The van der Waals surface area contributed by atoms with Gasteiger partial charge in [0.15, 0.2) is 9.84 Å². The molecule has 0 amide bonds. The minimum atomic E-state index is -3.13. The molecule has 0 bridgehead atoms. The van der Waals surface area contributed by atoms with Gasteiger partial charge in [-0.15, -0.1) is 0 Å². The molecule has 5 nitrogen and oxygen atoms in total. The summed E-state index contributed by atoms with van der Waals surface area (Å²) in [4.78, 5) is 11.0. The van der Waals surface area contributed by atoms with Crippen LogP contribution in [0.2, 0.25) is 0 Å². The van der Waals surface area contributed by atoms with Crippen molar-refractivity contribution in [3.8, 4) is 0 Å². The van der Waals surface area contributed by atoms with Crippen LogP contribution in [0.15, 0.2) is 47.4 Å². The summed E-state index contributed by atoms with van der Waals surface area (Å²) < 4.78 is 23.1. The average molecular weight is 369 g/mol. The molecule has 1 aromatic heterocycles. The number of aryl methyl sites for hydroxylation is 1. The Labute approximate surface area is 154 Å². The second kappa shape index (κ2) is 6.52. The number of sulfone groups is 1. The smallest absolute Gasteiger partial charge is 0.175 e. The monoisotopic (exact) mass is 369 g/mol. The third-order valence-corrected chi connectivity index (χ3v) is 6.20. The first-order chi connectivity index (χ1) is 12.4. The fourth-order valence-corrected chi connectivity index (χ4v) is 4.27. The van der Waals surface area contributed by atoms with E-state index in [2.05, 4.69) is 35.0 Å². The highest BCUT2D eigenvalue weighted by atomic mass is 32.2. The van der Waals surface area contributed by atoms with Crippen LogP contribution in [0.4, 0.5) is 0 Å². The van der Waals surface area contributed by atoms with E-state index < -0.39 is 9.84 Å². The minimum Gasteiger partial charge on any atom is -0.342 e. The molecule has 0 aliphatic carbocycles. The first-order valence-corrected chi connectivity index (χ1v) is 10.8. The van der Waals surface area contributed by atoms with Crippen molar-refractivity contribution in [3.05, 3.63) is 59.4 Å². The second-order valence-electron chi connectivity index (χ2n) is 7.28. The summed E-state index contributed by atoms with van der Waals surface area (Å²) in [5.41, 5.74) is 4.51. The van der Waals surface area contributed by atoms with Crippen LogP contribution >= 0.6 is 0 Å². The Morgan fingerprint density at radius 1 is 1.19 bits per heavy atom. The normalized spacial score (nSPS) is 18.6. The number of nitrogens with zero attached hydrogens (tertiary/aromatic N) is 2. The van der Waals surface area contributed by atoms with Gasteiger partial charge in [-0.25, -0.2) is 13.4 Å². The Hall–Kier alpha value is -2.18. The van der Waals surface area contributed by atoms with Gasteiger partial charge in [-0.05, 0) is 55.3 Å². The Kier molecular flexibility index (Phi) is 4.32. The zero-order valence-electron chi connectivity index (χ0n) is 15.1. The van der Waals surface area contributed by atoms with Crippen molar-refractivity contribution in [1.29, 1.82) is 0 Å². The van der Waals surface area contributed by atoms with Gasteiger partial charge in [0.1, 0.15) is 5.82 Å². The van der Waals surface area contributed by atoms with Crippen LogP contribution in [-0.2, 0) is 16.4 Å². The SMILES string of the molecule is Cc1ccc2nc([C@H]3CCN(Cc4ccc(S(C)(=O)=O)cc4)C3)[nH]c2c1. The van der Waals surface area contributed by atoms with E-state index in [1.165, 1.54) is 11.8 Å². The number of hydrogen-bond donors (Lipinski definition) is 1. The summed E-state index contributed by atoms with van der Waals surface area (Å²) >= 11 is 0. The van der Waals surface area contributed by atoms with E-state index in [4.69, 9.17) is 4.98 Å². The fraction of sp³-hybridized carbons (Fsp3) is 0.350. The Balaban J connectivity index is 1.44. The lowest BCUT2D eigenvalue weighted by Crippen LogP contribution is -2.20. The Morgan fingerprint density at radius 2 is 1.96 bits per heavy atom. The summed E-state index contributed by atoms with van der Waals surface area (Å²) in [6, 6.07) is 13.5. The van der Waals surface area contributed by atoms with Crippen molar-refractivity contribution in [2.75, 3.05) is 19.3 Å². The zero-order valence-corrected chi connectivity index (χ0v) is 15.9. The van der Waals surface area contributed by atoms with Gasteiger partial charge in [-0.3, -0.25) is 4.90 Å². The maximum Gasteiger partial charge on any atom is 0.175 e. The largest absolute Gasteiger partial charge is 0.342 e. The molecular formula is C20H23N3O2S. The number of hydrogen-bond acceptors (Lipinski definition) is 4. The maximum atomic E-state index is 11.6. The number of H-pyrrole nitrogens is 1. The molecule has 1 fully saturated rings. The van der Waals surface area contributed by atoms with Crippen molar-refractivity contribution in [1.82, 2.24) is 14.9 Å². The van der Waals surface area contributed by atoms with Crippen molar-refractivity contribution in [2.45, 2.75) is 30.7 Å². The fourth-order valence-electron chi connectivity index (χ4n) is 3.64. The molecule has 0 spiro atoms. The van der Waals surface area contributed by atoms with Gasteiger partial charge in [-0.1, -0.05) is 18.2 Å². The quantitative estimate of drug-likeness (QED) is 0.766. The molecule has 136 valence electrons. The van der Waals surface area contributed by atoms with E-state index in [0.717, 1.165) is 48.5 Å². The van der Waals surface area contributed by atoms with Crippen LogP contribution in [0.1, 0.15) is 29.3 Å². The molecule has 0 saturated carbocycles.